The molecule has 3 heterocycles. The number of nitrogens with one attached hydrogen (secondary N) is 1. The van der Waals surface area contributed by atoms with E-state index in [4.69, 9.17) is 4.74 Å². The van der Waals surface area contributed by atoms with E-state index in [2.05, 4.69) is 17.1 Å². The predicted octanol–water partition coefficient (Wildman–Crippen LogP) is 4.55. The zero-order chi connectivity index (χ0) is 21.5. The van der Waals surface area contributed by atoms with Gasteiger partial charge in [-0.1, -0.05) is 44.0 Å². The van der Waals surface area contributed by atoms with Crippen LogP contribution in [-0.4, -0.2) is 55.2 Å². The highest BCUT2D eigenvalue weighted by Crippen LogP contribution is 2.55. The number of unbranched alkanes of at least 4 members (excludes halogenated alkanes) is 2. The number of allylic oxidation sites excluding steroid dienone is 1. The lowest BCUT2D eigenvalue weighted by Gasteiger charge is -2.42. The third-order valence-corrected chi connectivity index (χ3v) is 8.03. The van der Waals surface area contributed by atoms with Gasteiger partial charge in [-0.25, -0.2) is 0 Å². The van der Waals surface area contributed by atoms with Crippen LogP contribution in [0.3, 0.4) is 0 Å². The van der Waals surface area contributed by atoms with E-state index in [1.54, 1.807) is 18.9 Å². The molecule has 0 bridgehead atoms. The standard InChI is InChI=1S/C22H29F3N2O2S/c1-3-4-5-8-21(29-2)9-7-14-15-12-26-13-16(19(28)22(23,24)25)17(15)27-10-6-11-30-20(21)18(14)27/h6,11,16-17,26H,3-5,7-10,12-13H2,1-2H3. The number of hydrogen-bond donors (Lipinski definition) is 1. The molecule has 166 valence electrons. The molecule has 3 atom stereocenters. The first-order valence-corrected chi connectivity index (χ1v) is 11.6. The largest absolute Gasteiger partial charge is 0.450 e. The Morgan fingerprint density at radius 2 is 2.20 bits per heavy atom. The number of thioether (sulfide) groups is 1. The average Bonchev–Trinajstić information content (AvgIpc) is 2.88. The summed E-state index contributed by atoms with van der Waals surface area (Å²) in [6, 6.07) is -0.521. The molecule has 0 aromatic heterocycles. The lowest BCUT2D eigenvalue weighted by Crippen LogP contribution is -2.53. The van der Waals surface area contributed by atoms with Crippen LogP contribution in [0.1, 0.15) is 45.4 Å². The number of carbonyl (C=O) groups is 1. The SMILES string of the molecule is CCCCCC1(OC)CCC2=C3CNCC(C(=O)C(F)(F)F)C3N3CC=CSC1=C23. The Bertz CT molecular complexity index is 805. The van der Waals surface area contributed by atoms with Crippen molar-refractivity contribution in [3.63, 3.8) is 0 Å². The van der Waals surface area contributed by atoms with E-state index in [-0.39, 0.29) is 6.54 Å². The van der Waals surface area contributed by atoms with Crippen LogP contribution in [0.5, 0.6) is 0 Å². The van der Waals surface area contributed by atoms with Crippen LogP contribution in [0.4, 0.5) is 13.2 Å². The minimum absolute atomic E-state index is 0.0572. The molecule has 0 aromatic rings. The highest BCUT2D eigenvalue weighted by atomic mass is 32.2. The van der Waals surface area contributed by atoms with Gasteiger partial charge in [-0.05, 0) is 35.8 Å². The van der Waals surface area contributed by atoms with Crippen molar-refractivity contribution in [1.29, 1.82) is 0 Å². The van der Waals surface area contributed by atoms with Crippen molar-refractivity contribution in [3.05, 3.63) is 33.2 Å². The number of nitrogens with zero attached hydrogens (tertiary/aromatic N) is 1. The number of rotatable bonds is 6. The Morgan fingerprint density at radius 3 is 2.90 bits per heavy atom. The van der Waals surface area contributed by atoms with Crippen molar-refractivity contribution in [2.45, 2.75) is 63.3 Å². The monoisotopic (exact) mass is 442 g/mol. The molecule has 0 radical (unpaired) electrons. The summed E-state index contributed by atoms with van der Waals surface area (Å²) in [5.41, 5.74) is 2.71. The first-order valence-electron chi connectivity index (χ1n) is 10.8. The second-order valence-corrected chi connectivity index (χ2v) is 9.44. The van der Waals surface area contributed by atoms with E-state index in [9.17, 15) is 18.0 Å². The number of carbonyl (C=O) groups excluding carboxylic acids is 1. The summed E-state index contributed by atoms with van der Waals surface area (Å²) in [4.78, 5) is 15.5. The number of methoxy groups -OCH3 is 1. The molecule has 1 fully saturated rings. The molecular formula is C22H29F3N2O2S. The Kier molecular flexibility index (Phi) is 6.12. The van der Waals surface area contributed by atoms with Gasteiger partial charge in [0.2, 0.25) is 5.78 Å². The highest BCUT2D eigenvalue weighted by Gasteiger charge is 2.55. The van der Waals surface area contributed by atoms with Gasteiger partial charge in [0.15, 0.2) is 0 Å². The summed E-state index contributed by atoms with van der Waals surface area (Å²) < 4.78 is 46.2. The quantitative estimate of drug-likeness (QED) is 0.612. The fourth-order valence-electron chi connectivity index (χ4n) is 5.46. The maximum atomic E-state index is 13.4. The molecule has 30 heavy (non-hydrogen) atoms. The van der Waals surface area contributed by atoms with Gasteiger partial charge in [0, 0.05) is 31.6 Å². The van der Waals surface area contributed by atoms with Crippen LogP contribution in [0.25, 0.3) is 0 Å². The van der Waals surface area contributed by atoms with Crippen LogP contribution < -0.4 is 5.32 Å². The normalized spacial score (nSPS) is 31.0. The lowest BCUT2D eigenvalue weighted by atomic mass is 9.80. The maximum absolute atomic E-state index is 13.4. The minimum Gasteiger partial charge on any atom is -0.373 e. The van der Waals surface area contributed by atoms with Crippen molar-refractivity contribution in [2.24, 2.45) is 5.92 Å². The molecule has 3 unspecified atom stereocenters. The van der Waals surface area contributed by atoms with Crippen molar-refractivity contribution < 1.29 is 22.7 Å². The topological polar surface area (TPSA) is 41.6 Å². The summed E-state index contributed by atoms with van der Waals surface area (Å²) in [6.45, 7) is 3.28. The molecule has 1 aliphatic carbocycles. The van der Waals surface area contributed by atoms with Gasteiger partial charge in [0.25, 0.3) is 0 Å². The van der Waals surface area contributed by atoms with Crippen LogP contribution >= 0.6 is 11.8 Å². The van der Waals surface area contributed by atoms with E-state index in [1.165, 1.54) is 0 Å². The summed E-state index contributed by atoms with van der Waals surface area (Å²) in [7, 11) is 1.75. The van der Waals surface area contributed by atoms with Gasteiger partial charge < -0.3 is 15.0 Å². The molecule has 0 aromatic carbocycles. The molecule has 0 saturated carbocycles. The van der Waals surface area contributed by atoms with Gasteiger partial charge in [0.1, 0.15) is 5.60 Å². The molecule has 4 nitrogen and oxygen atoms in total. The fraction of sp³-hybridized carbons (Fsp3) is 0.682. The van der Waals surface area contributed by atoms with Gasteiger partial charge in [-0.15, -0.1) is 0 Å². The second kappa shape index (κ2) is 8.36. The van der Waals surface area contributed by atoms with Gasteiger partial charge in [-0.2, -0.15) is 13.2 Å². The van der Waals surface area contributed by atoms with Gasteiger partial charge in [-0.3, -0.25) is 4.79 Å². The first kappa shape index (κ1) is 22.0. The minimum atomic E-state index is -4.82. The number of halogens is 3. The van der Waals surface area contributed by atoms with Crippen molar-refractivity contribution in [1.82, 2.24) is 10.2 Å². The number of piperidine rings is 1. The highest BCUT2D eigenvalue weighted by molar-refractivity contribution is 8.06. The number of fused-ring (bicyclic) bond motifs is 2. The zero-order valence-corrected chi connectivity index (χ0v) is 18.3. The van der Waals surface area contributed by atoms with E-state index in [0.29, 0.717) is 13.1 Å². The summed E-state index contributed by atoms with van der Waals surface area (Å²) in [5, 5.41) is 5.11. The Morgan fingerprint density at radius 1 is 1.40 bits per heavy atom. The fourth-order valence-corrected chi connectivity index (χ4v) is 6.63. The van der Waals surface area contributed by atoms with Crippen molar-refractivity contribution in [3.8, 4) is 0 Å². The first-order chi connectivity index (χ1) is 14.3. The van der Waals surface area contributed by atoms with Gasteiger partial charge in [0.05, 0.1) is 17.7 Å². The van der Waals surface area contributed by atoms with Crippen LogP contribution in [0.2, 0.25) is 0 Å². The molecule has 4 rings (SSSR count). The molecule has 3 aliphatic heterocycles. The van der Waals surface area contributed by atoms with Crippen LogP contribution in [0.15, 0.2) is 33.2 Å². The number of alkyl halides is 3. The van der Waals surface area contributed by atoms with Crippen molar-refractivity contribution in [2.75, 3.05) is 26.7 Å². The number of ketones is 1. The molecule has 0 spiro atoms. The summed E-state index contributed by atoms with van der Waals surface area (Å²) in [6.07, 6.45) is 2.97. The smallest absolute Gasteiger partial charge is 0.373 e. The van der Waals surface area contributed by atoms with E-state index < -0.39 is 29.5 Å². The average molecular weight is 443 g/mol. The van der Waals surface area contributed by atoms with Gasteiger partial charge >= 0.3 is 6.18 Å². The second-order valence-electron chi connectivity index (χ2n) is 8.52. The van der Waals surface area contributed by atoms with E-state index in [1.807, 2.05) is 11.5 Å². The molecule has 4 aliphatic rings. The third-order valence-electron chi connectivity index (χ3n) is 6.90. The number of Topliss-reactive ketones (excluding diaryl/α,β-unsaturated/α-hetero) is 1. The van der Waals surface area contributed by atoms with Crippen molar-refractivity contribution >= 4 is 17.5 Å². The third kappa shape index (κ3) is 3.54. The van der Waals surface area contributed by atoms with Crippen LogP contribution in [0, 0.1) is 5.92 Å². The molecule has 0 amide bonds. The zero-order valence-electron chi connectivity index (χ0n) is 17.5. The number of ether oxygens (including phenoxy) is 1. The summed E-state index contributed by atoms with van der Waals surface area (Å²) in [5.74, 6) is -2.74. The Hall–Kier alpha value is -1.25. The molecule has 1 N–H and O–H groups in total. The number of hydrogen-bond acceptors (Lipinski definition) is 5. The van der Waals surface area contributed by atoms with E-state index in [0.717, 1.165) is 60.3 Å². The summed E-state index contributed by atoms with van der Waals surface area (Å²) >= 11 is 1.64. The lowest BCUT2D eigenvalue weighted by molar-refractivity contribution is -0.177. The molecular weight excluding hydrogens is 413 g/mol. The van der Waals surface area contributed by atoms with Crippen LogP contribution in [-0.2, 0) is 9.53 Å². The van der Waals surface area contributed by atoms with E-state index >= 15 is 0 Å². The molecule has 1 saturated heterocycles. The Balaban J connectivity index is 1.79. The Labute approximate surface area is 180 Å². The predicted molar refractivity (Wildman–Crippen MR) is 112 cm³/mol. The molecule has 8 heteroatoms. The maximum Gasteiger partial charge on any atom is 0.450 e.